The first kappa shape index (κ1) is 10.9. The van der Waals surface area contributed by atoms with Crippen molar-refractivity contribution in [3.05, 3.63) is 40.6 Å². The van der Waals surface area contributed by atoms with Gasteiger partial charge < -0.3 is 10.5 Å². The lowest BCUT2D eigenvalue weighted by molar-refractivity contribution is 0.457. The van der Waals surface area contributed by atoms with E-state index in [-0.39, 0.29) is 0 Å². The predicted octanol–water partition coefficient (Wildman–Crippen LogP) is 2.92. The number of halogens is 1. The molecule has 4 nitrogen and oxygen atoms in total. The molecule has 2 N–H and O–H groups in total. The van der Waals surface area contributed by atoms with E-state index < -0.39 is 0 Å². The first-order valence-electron chi connectivity index (χ1n) is 4.69. The molecule has 0 radical (unpaired) electrons. The first-order chi connectivity index (χ1) is 7.65. The Balaban J connectivity index is 2.30. The van der Waals surface area contributed by atoms with Crippen LogP contribution in [0, 0.1) is 6.92 Å². The molecule has 0 saturated heterocycles. The molecule has 1 aromatic carbocycles. The van der Waals surface area contributed by atoms with Crippen LogP contribution >= 0.6 is 15.9 Å². The number of hydrogen-bond donors (Lipinski definition) is 1. The van der Waals surface area contributed by atoms with Crippen molar-refractivity contribution in [2.75, 3.05) is 5.73 Å². The van der Waals surface area contributed by atoms with Crippen LogP contribution in [0.3, 0.4) is 0 Å². The zero-order valence-electron chi connectivity index (χ0n) is 8.64. The molecular weight excluding hydrogens is 270 g/mol. The maximum atomic E-state index is 5.61. The molecule has 0 aliphatic rings. The Labute approximate surface area is 102 Å². The Hall–Kier alpha value is -1.62. The number of hydrogen-bond acceptors (Lipinski definition) is 4. The molecule has 0 aliphatic carbocycles. The van der Waals surface area contributed by atoms with E-state index in [1.54, 1.807) is 13.0 Å². The van der Waals surface area contributed by atoms with Gasteiger partial charge in [-0.3, -0.25) is 0 Å². The van der Waals surface area contributed by atoms with E-state index in [2.05, 4.69) is 25.9 Å². The van der Waals surface area contributed by atoms with Crippen LogP contribution in [0.15, 0.2) is 34.8 Å². The summed E-state index contributed by atoms with van der Waals surface area (Å²) in [7, 11) is 0. The fourth-order valence-electron chi connectivity index (χ4n) is 1.25. The quantitative estimate of drug-likeness (QED) is 0.918. The van der Waals surface area contributed by atoms with Crippen molar-refractivity contribution in [3.63, 3.8) is 0 Å². The maximum absolute atomic E-state index is 5.61. The molecule has 0 atom stereocenters. The second-order valence-electron chi connectivity index (χ2n) is 3.21. The van der Waals surface area contributed by atoms with Crippen molar-refractivity contribution in [2.24, 2.45) is 0 Å². The van der Waals surface area contributed by atoms with Crippen LogP contribution in [0.2, 0.25) is 0 Å². The molecule has 2 rings (SSSR count). The number of nitrogens with zero attached hydrogens (tertiary/aromatic N) is 2. The molecular formula is C11H10BrN3O. The van der Waals surface area contributed by atoms with Crippen LogP contribution in [0.1, 0.15) is 5.82 Å². The van der Waals surface area contributed by atoms with Crippen molar-refractivity contribution in [2.45, 2.75) is 6.92 Å². The molecule has 1 aromatic heterocycles. The van der Waals surface area contributed by atoms with E-state index in [1.807, 2.05) is 24.3 Å². The largest absolute Gasteiger partial charge is 0.438 e. The number of anilines is 1. The molecule has 0 bridgehead atoms. The minimum Gasteiger partial charge on any atom is -0.438 e. The van der Waals surface area contributed by atoms with Gasteiger partial charge in [0, 0.05) is 6.07 Å². The Morgan fingerprint density at radius 3 is 2.69 bits per heavy atom. The standard InChI is InChI=1S/C11H10BrN3O/c1-7-14-10(13)6-11(15-7)16-9-5-3-2-4-8(9)12/h2-6H,1H3,(H2,13,14,15). The Kier molecular flexibility index (Phi) is 3.05. The summed E-state index contributed by atoms with van der Waals surface area (Å²) in [5.74, 6) is 2.12. The highest BCUT2D eigenvalue weighted by molar-refractivity contribution is 9.10. The van der Waals surface area contributed by atoms with Crippen molar-refractivity contribution >= 4 is 21.7 Å². The highest BCUT2D eigenvalue weighted by Crippen LogP contribution is 2.28. The molecule has 16 heavy (non-hydrogen) atoms. The van der Waals surface area contributed by atoms with Gasteiger partial charge in [-0.25, -0.2) is 4.98 Å². The summed E-state index contributed by atoms with van der Waals surface area (Å²) in [6.45, 7) is 1.77. The summed E-state index contributed by atoms with van der Waals surface area (Å²) in [6.07, 6.45) is 0. The third kappa shape index (κ3) is 2.49. The van der Waals surface area contributed by atoms with Crippen molar-refractivity contribution in [1.29, 1.82) is 0 Å². The van der Waals surface area contributed by atoms with Gasteiger partial charge in [0.2, 0.25) is 5.88 Å². The summed E-state index contributed by atoms with van der Waals surface area (Å²) in [5.41, 5.74) is 5.61. The highest BCUT2D eigenvalue weighted by Gasteiger charge is 2.04. The lowest BCUT2D eigenvalue weighted by Crippen LogP contribution is -1.98. The second-order valence-corrected chi connectivity index (χ2v) is 4.07. The molecule has 0 fully saturated rings. The summed E-state index contributed by atoms with van der Waals surface area (Å²) in [4.78, 5) is 8.11. The Bertz CT molecular complexity index is 496. The van der Waals surface area contributed by atoms with Gasteiger partial charge in [0.25, 0.3) is 0 Å². The molecule has 0 unspecified atom stereocenters. The first-order valence-corrected chi connectivity index (χ1v) is 5.48. The van der Waals surface area contributed by atoms with Crippen LogP contribution in [-0.4, -0.2) is 9.97 Å². The zero-order chi connectivity index (χ0) is 11.5. The van der Waals surface area contributed by atoms with Crippen molar-refractivity contribution < 1.29 is 4.74 Å². The SMILES string of the molecule is Cc1nc(N)cc(Oc2ccccc2Br)n1. The van der Waals surface area contributed by atoms with Gasteiger partial charge in [0.05, 0.1) is 4.47 Å². The van der Waals surface area contributed by atoms with Gasteiger partial charge in [0.15, 0.2) is 0 Å². The molecule has 82 valence electrons. The van der Waals surface area contributed by atoms with Crippen LogP contribution in [0.4, 0.5) is 5.82 Å². The fourth-order valence-corrected chi connectivity index (χ4v) is 1.62. The van der Waals surface area contributed by atoms with Crippen LogP contribution in [-0.2, 0) is 0 Å². The molecule has 1 heterocycles. The molecule has 0 amide bonds. The third-order valence-corrected chi connectivity index (χ3v) is 2.54. The average molecular weight is 280 g/mol. The summed E-state index contributed by atoms with van der Waals surface area (Å²) < 4.78 is 6.46. The van der Waals surface area contributed by atoms with Crippen molar-refractivity contribution in [1.82, 2.24) is 9.97 Å². The van der Waals surface area contributed by atoms with E-state index in [0.717, 1.165) is 4.47 Å². The van der Waals surface area contributed by atoms with Crippen molar-refractivity contribution in [3.8, 4) is 11.6 Å². The second kappa shape index (κ2) is 4.49. The number of nitrogen functional groups attached to an aromatic ring is 1. The summed E-state index contributed by atoms with van der Waals surface area (Å²) >= 11 is 3.39. The minimum atomic E-state index is 0.398. The third-order valence-electron chi connectivity index (χ3n) is 1.89. The van der Waals surface area contributed by atoms with Gasteiger partial charge in [-0.2, -0.15) is 4.98 Å². The number of aromatic nitrogens is 2. The number of para-hydroxylation sites is 1. The van der Waals surface area contributed by atoms with Gasteiger partial charge in [-0.15, -0.1) is 0 Å². The fraction of sp³-hybridized carbons (Fsp3) is 0.0909. The normalized spacial score (nSPS) is 10.1. The number of aryl methyl sites for hydroxylation is 1. The number of rotatable bonds is 2. The van der Waals surface area contributed by atoms with Crippen LogP contribution < -0.4 is 10.5 Å². The van der Waals surface area contributed by atoms with E-state index in [4.69, 9.17) is 10.5 Å². The van der Waals surface area contributed by atoms with E-state index >= 15 is 0 Å². The van der Waals surface area contributed by atoms with Gasteiger partial charge in [0.1, 0.15) is 17.4 Å². The smallest absolute Gasteiger partial charge is 0.224 e. The monoisotopic (exact) mass is 279 g/mol. The van der Waals surface area contributed by atoms with E-state index in [9.17, 15) is 0 Å². The van der Waals surface area contributed by atoms with Crippen LogP contribution in [0.5, 0.6) is 11.6 Å². The topological polar surface area (TPSA) is 61.0 Å². The summed E-state index contributed by atoms with van der Waals surface area (Å²) in [6, 6.07) is 9.13. The average Bonchev–Trinajstić information content (AvgIpc) is 2.20. The van der Waals surface area contributed by atoms with Gasteiger partial charge in [-0.05, 0) is 35.0 Å². The number of ether oxygens (including phenoxy) is 1. The van der Waals surface area contributed by atoms with E-state index in [1.165, 1.54) is 0 Å². The van der Waals surface area contributed by atoms with Gasteiger partial charge >= 0.3 is 0 Å². The Morgan fingerprint density at radius 1 is 1.25 bits per heavy atom. The van der Waals surface area contributed by atoms with E-state index in [0.29, 0.717) is 23.3 Å². The zero-order valence-corrected chi connectivity index (χ0v) is 10.2. The number of nitrogens with two attached hydrogens (primary N) is 1. The molecule has 0 aliphatic heterocycles. The minimum absolute atomic E-state index is 0.398. The maximum Gasteiger partial charge on any atom is 0.224 e. The highest BCUT2D eigenvalue weighted by atomic mass is 79.9. The molecule has 5 heteroatoms. The van der Waals surface area contributed by atoms with Crippen LogP contribution in [0.25, 0.3) is 0 Å². The lowest BCUT2D eigenvalue weighted by atomic mass is 10.3. The number of benzene rings is 1. The summed E-state index contributed by atoms with van der Waals surface area (Å²) in [5, 5.41) is 0. The predicted molar refractivity (Wildman–Crippen MR) is 65.4 cm³/mol. The molecule has 0 spiro atoms. The molecule has 0 saturated carbocycles. The Morgan fingerprint density at radius 2 is 2.00 bits per heavy atom. The molecule has 2 aromatic rings. The van der Waals surface area contributed by atoms with Gasteiger partial charge in [-0.1, -0.05) is 12.1 Å². The lowest BCUT2D eigenvalue weighted by Gasteiger charge is -2.07.